The molecule has 0 bridgehead atoms. The van der Waals surface area contributed by atoms with Gasteiger partial charge in [-0.1, -0.05) is 38.1 Å². The molecule has 0 radical (unpaired) electrons. The van der Waals surface area contributed by atoms with E-state index in [2.05, 4.69) is 5.32 Å². The predicted molar refractivity (Wildman–Crippen MR) is 88.9 cm³/mol. The lowest BCUT2D eigenvalue weighted by molar-refractivity contribution is -0.121. The summed E-state index contributed by atoms with van der Waals surface area (Å²) in [6.07, 6.45) is 1.65. The standard InChI is InChI=1S/C16H26N2O3S/c1-13(2)11-16(19)17-9-10-18(22(4,20)21)12-15-8-6-5-7-14(15)3/h5-8,13H,9-12H2,1-4H3,(H,17,19). The van der Waals surface area contributed by atoms with Gasteiger partial charge in [0.25, 0.3) is 0 Å². The van der Waals surface area contributed by atoms with Crippen molar-refractivity contribution in [3.05, 3.63) is 35.4 Å². The summed E-state index contributed by atoms with van der Waals surface area (Å²) < 4.78 is 25.2. The fourth-order valence-electron chi connectivity index (χ4n) is 2.10. The normalized spacial score (nSPS) is 11.9. The molecule has 22 heavy (non-hydrogen) atoms. The van der Waals surface area contributed by atoms with E-state index in [0.29, 0.717) is 19.5 Å². The van der Waals surface area contributed by atoms with Gasteiger partial charge in [0, 0.05) is 26.1 Å². The number of nitrogens with one attached hydrogen (secondary N) is 1. The van der Waals surface area contributed by atoms with Gasteiger partial charge in [0.2, 0.25) is 15.9 Å². The second kappa shape index (κ2) is 8.29. The maximum Gasteiger partial charge on any atom is 0.220 e. The molecule has 6 heteroatoms. The van der Waals surface area contributed by atoms with Crippen LogP contribution in [0.15, 0.2) is 24.3 Å². The third-order valence-electron chi connectivity index (χ3n) is 3.35. The van der Waals surface area contributed by atoms with Crippen LogP contribution in [0.2, 0.25) is 0 Å². The van der Waals surface area contributed by atoms with Crippen molar-refractivity contribution in [3.63, 3.8) is 0 Å². The lowest BCUT2D eigenvalue weighted by atomic mass is 10.1. The summed E-state index contributed by atoms with van der Waals surface area (Å²) in [4.78, 5) is 11.6. The molecule has 1 aromatic carbocycles. The number of carbonyl (C=O) groups excluding carboxylic acids is 1. The van der Waals surface area contributed by atoms with Gasteiger partial charge in [-0.15, -0.1) is 0 Å². The highest BCUT2D eigenvalue weighted by atomic mass is 32.2. The molecule has 0 unspecified atom stereocenters. The largest absolute Gasteiger partial charge is 0.355 e. The summed E-state index contributed by atoms with van der Waals surface area (Å²) in [5.74, 6) is 0.248. The van der Waals surface area contributed by atoms with Crippen molar-refractivity contribution in [2.75, 3.05) is 19.3 Å². The first-order valence-corrected chi connectivity index (χ1v) is 9.31. The van der Waals surface area contributed by atoms with Crippen molar-refractivity contribution in [1.29, 1.82) is 0 Å². The summed E-state index contributed by atoms with van der Waals surface area (Å²) in [5, 5.41) is 2.77. The maximum atomic E-state index is 11.9. The molecule has 0 saturated carbocycles. The molecule has 0 aliphatic heterocycles. The molecule has 1 N–H and O–H groups in total. The minimum absolute atomic E-state index is 0.0423. The fourth-order valence-corrected chi connectivity index (χ4v) is 2.90. The van der Waals surface area contributed by atoms with Gasteiger partial charge in [-0.25, -0.2) is 8.42 Å². The van der Waals surface area contributed by atoms with Crippen LogP contribution < -0.4 is 5.32 Å². The predicted octanol–water partition coefficient (Wildman–Crippen LogP) is 1.92. The third-order valence-corrected chi connectivity index (χ3v) is 4.60. The van der Waals surface area contributed by atoms with Crippen molar-refractivity contribution in [2.24, 2.45) is 5.92 Å². The lowest BCUT2D eigenvalue weighted by Gasteiger charge is -2.21. The average Bonchev–Trinajstić information content (AvgIpc) is 2.37. The molecule has 124 valence electrons. The monoisotopic (exact) mass is 326 g/mol. The van der Waals surface area contributed by atoms with E-state index in [0.717, 1.165) is 11.1 Å². The van der Waals surface area contributed by atoms with E-state index in [9.17, 15) is 13.2 Å². The van der Waals surface area contributed by atoms with Gasteiger partial charge in [-0.3, -0.25) is 4.79 Å². The lowest BCUT2D eigenvalue weighted by Crippen LogP contribution is -2.38. The number of benzene rings is 1. The zero-order chi connectivity index (χ0) is 16.8. The van der Waals surface area contributed by atoms with E-state index in [1.807, 2.05) is 45.0 Å². The smallest absolute Gasteiger partial charge is 0.220 e. The maximum absolute atomic E-state index is 11.9. The van der Waals surface area contributed by atoms with Crippen LogP contribution in [0.5, 0.6) is 0 Å². The van der Waals surface area contributed by atoms with Gasteiger partial charge >= 0.3 is 0 Å². The second-order valence-corrected chi connectivity index (χ2v) is 7.95. The molecule has 0 spiro atoms. The zero-order valence-corrected chi connectivity index (χ0v) is 14.6. The first-order chi connectivity index (χ1) is 10.2. The number of carbonyl (C=O) groups is 1. The van der Waals surface area contributed by atoms with Crippen LogP contribution in [0.3, 0.4) is 0 Å². The van der Waals surface area contributed by atoms with E-state index >= 15 is 0 Å². The number of aryl methyl sites for hydroxylation is 1. The summed E-state index contributed by atoms with van der Waals surface area (Å²) in [5.41, 5.74) is 2.03. The van der Waals surface area contributed by atoms with Crippen LogP contribution in [-0.4, -0.2) is 38.0 Å². The van der Waals surface area contributed by atoms with Gasteiger partial charge in [0.05, 0.1) is 6.26 Å². The quantitative estimate of drug-likeness (QED) is 0.793. The van der Waals surface area contributed by atoms with Gasteiger partial charge < -0.3 is 5.32 Å². The topological polar surface area (TPSA) is 66.5 Å². The Morgan fingerprint density at radius 3 is 2.45 bits per heavy atom. The zero-order valence-electron chi connectivity index (χ0n) is 13.8. The molecule has 1 amide bonds. The van der Waals surface area contributed by atoms with E-state index in [1.54, 1.807) is 0 Å². The Morgan fingerprint density at radius 2 is 1.91 bits per heavy atom. The summed E-state index contributed by atoms with van der Waals surface area (Å²) in [6, 6.07) is 7.70. The number of rotatable bonds is 8. The molecule has 0 aliphatic rings. The Labute approximate surface area is 133 Å². The average molecular weight is 326 g/mol. The Balaban J connectivity index is 2.64. The fraction of sp³-hybridized carbons (Fsp3) is 0.562. The SMILES string of the molecule is Cc1ccccc1CN(CCNC(=O)CC(C)C)S(C)(=O)=O. The highest BCUT2D eigenvalue weighted by Gasteiger charge is 2.17. The van der Waals surface area contributed by atoms with Gasteiger partial charge in [-0.2, -0.15) is 4.31 Å². The molecule has 0 atom stereocenters. The number of amides is 1. The summed E-state index contributed by atoms with van der Waals surface area (Å²) >= 11 is 0. The molecule has 1 aromatic rings. The third kappa shape index (κ3) is 6.58. The van der Waals surface area contributed by atoms with E-state index < -0.39 is 10.0 Å². The molecule has 0 fully saturated rings. The Hall–Kier alpha value is -1.40. The van der Waals surface area contributed by atoms with E-state index in [1.165, 1.54) is 10.6 Å². The van der Waals surface area contributed by atoms with Crippen LogP contribution in [0, 0.1) is 12.8 Å². The first kappa shape index (κ1) is 18.6. The van der Waals surface area contributed by atoms with Crippen LogP contribution in [0.1, 0.15) is 31.4 Å². The highest BCUT2D eigenvalue weighted by Crippen LogP contribution is 2.12. The van der Waals surface area contributed by atoms with Crippen molar-refractivity contribution < 1.29 is 13.2 Å². The Kier molecular flexibility index (Phi) is 7.03. The van der Waals surface area contributed by atoms with Gasteiger partial charge in [0.15, 0.2) is 0 Å². The molecule has 0 saturated heterocycles. The number of hydrogen-bond acceptors (Lipinski definition) is 3. The Morgan fingerprint density at radius 1 is 1.27 bits per heavy atom. The molecular weight excluding hydrogens is 300 g/mol. The van der Waals surface area contributed by atoms with Crippen LogP contribution in [-0.2, 0) is 21.4 Å². The molecule has 0 aliphatic carbocycles. The number of nitrogens with zero attached hydrogens (tertiary/aromatic N) is 1. The number of sulfonamides is 1. The van der Waals surface area contributed by atoms with Gasteiger partial charge in [-0.05, 0) is 24.0 Å². The molecule has 0 aromatic heterocycles. The van der Waals surface area contributed by atoms with Crippen molar-refractivity contribution in [1.82, 2.24) is 9.62 Å². The number of hydrogen-bond donors (Lipinski definition) is 1. The Bertz CT molecular complexity index is 597. The second-order valence-electron chi connectivity index (χ2n) is 5.97. The van der Waals surface area contributed by atoms with Gasteiger partial charge in [0.1, 0.15) is 0 Å². The van der Waals surface area contributed by atoms with Crippen LogP contribution in [0.4, 0.5) is 0 Å². The summed E-state index contributed by atoms with van der Waals surface area (Å²) in [6.45, 7) is 6.83. The van der Waals surface area contributed by atoms with Crippen LogP contribution in [0.25, 0.3) is 0 Å². The van der Waals surface area contributed by atoms with Crippen LogP contribution >= 0.6 is 0 Å². The van der Waals surface area contributed by atoms with Crippen molar-refractivity contribution >= 4 is 15.9 Å². The van der Waals surface area contributed by atoms with E-state index in [-0.39, 0.29) is 18.4 Å². The minimum Gasteiger partial charge on any atom is -0.355 e. The molecule has 1 rings (SSSR count). The highest BCUT2D eigenvalue weighted by molar-refractivity contribution is 7.88. The minimum atomic E-state index is -3.32. The van der Waals surface area contributed by atoms with E-state index in [4.69, 9.17) is 0 Å². The van der Waals surface area contributed by atoms with Crippen molar-refractivity contribution in [2.45, 2.75) is 33.7 Å². The molecule has 0 heterocycles. The molecular formula is C16H26N2O3S. The first-order valence-electron chi connectivity index (χ1n) is 7.46. The molecule has 5 nitrogen and oxygen atoms in total. The van der Waals surface area contributed by atoms with Crippen molar-refractivity contribution in [3.8, 4) is 0 Å². The summed E-state index contributed by atoms with van der Waals surface area (Å²) in [7, 11) is -3.32.